The van der Waals surface area contributed by atoms with Crippen molar-refractivity contribution in [3.05, 3.63) is 35.7 Å². The fraction of sp³-hybridized carbons (Fsp3) is 0.500. The molecule has 2 amide bonds. The van der Waals surface area contributed by atoms with Gasteiger partial charge in [-0.3, -0.25) is 9.59 Å². The van der Waals surface area contributed by atoms with E-state index in [1.807, 2.05) is 37.2 Å². The highest BCUT2D eigenvalue weighted by Gasteiger charge is 2.52. The Bertz CT molecular complexity index is 828. The average molecular weight is 326 g/mol. The molecule has 0 bridgehead atoms. The monoisotopic (exact) mass is 326 g/mol. The summed E-state index contributed by atoms with van der Waals surface area (Å²) >= 11 is 0. The van der Waals surface area contributed by atoms with E-state index in [4.69, 9.17) is 0 Å². The first-order chi connectivity index (χ1) is 11.5. The van der Waals surface area contributed by atoms with Crippen LogP contribution in [0, 0.1) is 6.92 Å². The zero-order valence-electron chi connectivity index (χ0n) is 14.2. The van der Waals surface area contributed by atoms with Crippen LogP contribution in [0.1, 0.15) is 41.6 Å². The van der Waals surface area contributed by atoms with E-state index in [2.05, 4.69) is 5.10 Å². The number of aryl methyl sites for hydroxylation is 1. The molecule has 6 heteroatoms. The lowest BCUT2D eigenvalue weighted by Gasteiger charge is -2.43. The van der Waals surface area contributed by atoms with Gasteiger partial charge in [0.25, 0.3) is 5.91 Å². The third-order valence-corrected chi connectivity index (χ3v) is 5.54. The molecule has 24 heavy (non-hydrogen) atoms. The van der Waals surface area contributed by atoms with Gasteiger partial charge < -0.3 is 9.80 Å². The van der Waals surface area contributed by atoms with Gasteiger partial charge in [0.15, 0.2) is 0 Å². The van der Waals surface area contributed by atoms with Crippen LogP contribution >= 0.6 is 0 Å². The molecule has 2 fully saturated rings. The summed E-state index contributed by atoms with van der Waals surface area (Å²) in [5.74, 6) is 0.0215. The Morgan fingerprint density at radius 2 is 2.00 bits per heavy atom. The van der Waals surface area contributed by atoms with E-state index >= 15 is 0 Å². The molecule has 126 valence electrons. The van der Waals surface area contributed by atoms with Gasteiger partial charge in [-0.05, 0) is 44.2 Å². The average Bonchev–Trinajstić information content (AvgIpc) is 3.18. The largest absolute Gasteiger partial charge is 0.344 e. The van der Waals surface area contributed by atoms with Gasteiger partial charge in [0.1, 0.15) is 5.54 Å². The fourth-order valence-electron chi connectivity index (χ4n) is 4.35. The summed E-state index contributed by atoms with van der Waals surface area (Å²) in [7, 11) is 1.84. The minimum absolute atomic E-state index is 0.0690. The lowest BCUT2D eigenvalue weighted by molar-refractivity contribution is -0.144. The van der Waals surface area contributed by atoms with Crippen LogP contribution in [0.25, 0.3) is 5.52 Å². The third kappa shape index (κ3) is 1.98. The molecular weight excluding hydrogens is 304 g/mol. The van der Waals surface area contributed by atoms with Gasteiger partial charge in [0.2, 0.25) is 5.91 Å². The molecule has 0 aliphatic carbocycles. The summed E-state index contributed by atoms with van der Waals surface area (Å²) < 4.78 is 1.74. The number of hydrogen-bond donors (Lipinski definition) is 0. The van der Waals surface area contributed by atoms with Crippen molar-refractivity contribution >= 4 is 17.3 Å². The molecule has 0 aromatic carbocycles. The van der Waals surface area contributed by atoms with E-state index < -0.39 is 5.54 Å². The topological polar surface area (TPSA) is 57.9 Å². The van der Waals surface area contributed by atoms with Crippen LogP contribution in [-0.4, -0.2) is 56.9 Å². The number of nitrogens with zero attached hydrogens (tertiary/aromatic N) is 4. The Morgan fingerprint density at radius 3 is 2.79 bits per heavy atom. The maximum Gasteiger partial charge on any atom is 0.258 e. The van der Waals surface area contributed by atoms with Crippen LogP contribution in [0.5, 0.6) is 0 Å². The van der Waals surface area contributed by atoms with Gasteiger partial charge >= 0.3 is 0 Å². The SMILES string of the molecule is Cc1cccn2ncc(C(=O)N3CCCC34CCCN(C)C4=O)c12. The Balaban J connectivity index is 1.77. The predicted molar refractivity (Wildman–Crippen MR) is 89.8 cm³/mol. The van der Waals surface area contributed by atoms with Crippen LogP contribution < -0.4 is 0 Å². The maximum absolute atomic E-state index is 13.3. The van der Waals surface area contributed by atoms with E-state index in [-0.39, 0.29) is 11.8 Å². The van der Waals surface area contributed by atoms with E-state index in [0.717, 1.165) is 43.3 Å². The van der Waals surface area contributed by atoms with Crippen molar-refractivity contribution in [3.63, 3.8) is 0 Å². The molecule has 2 aliphatic rings. The smallest absolute Gasteiger partial charge is 0.258 e. The van der Waals surface area contributed by atoms with Crippen LogP contribution in [-0.2, 0) is 4.79 Å². The number of carbonyl (C=O) groups excluding carboxylic acids is 2. The molecule has 1 unspecified atom stereocenters. The first-order valence-corrected chi connectivity index (χ1v) is 8.55. The van der Waals surface area contributed by atoms with E-state index in [1.165, 1.54) is 0 Å². The molecule has 1 spiro atoms. The van der Waals surface area contributed by atoms with Crippen molar-refractivity contribution in [2.45, 2.75) is 38.1 Å². The maximum atomic E-state index is 13.3. The van der Waals surface area contributed by atoms with E-state index in [0.29, 0.717) is 12.1 Å². The van der Waals surface area contributed by atoms with Crippen molar-refractivity contribution in [1.29, 1.82) is 0 Å². The lowest BCUT2D eigenvalue weighted by Crippen LogP contribution is -2.60. The summed E-state index contributed by atoms with van der Waals surface area (Å²) in [6, 6.07) is 3.90. The number of likely N-dealkylation sites (N-methyl/N-ethyl adjacent to an activating group) is 1. The standard InChI is InChI=1S/C18H22N4O2/c1-13-6-3-11-22-15(13)14(12-19-22)16(23)21-10-5-8-18(21)7-4-9-20(2)17(18)24/h3,6,11-12H,4-5,7-10H2,1-2H3. The molecule has 0 N–H and O–H groups in total. The Hall–Kier alpha value is -2.37. The van der Waals surface area contributed by atoms with Crippen molar-refractivity contribution in [3.8, 4) is 0 Å². The van der Waals surface area contributed by atoms with Gasteiger partial charge in [0, 0.05) is 26.3 Å². The molecule has 0 radical (unpaired) electrons. The number of amides is 2. The highest BCUT2D eigenvalue weighted by molar-refractivity contribution is 6.04. The second-order valence-corrected chi connectivity index (χ2v) is 6.96. The Morgan fingerprint density at radius 1 is 1.25 bits per heavy atom. The number of hydrogen-bond acceptors (Lipinski definition) is 3. The van der Waals surface area contributed by atoms with Crippen LogP contribution in [0.15, 0.2) is 24.5 Å². The number of likely N-dealkylation sites (tertiary alicyclic amines) is 2. The minimum Gasteiger partial charge on any atom is -0.344 e. The molecule has 2 aliphatic heterocycles. The highest BCUT2D eigenvalue weighted by atomic mass is 16.2. The van der Waals surface area contributed by atoms with Crippen LogP contribution in [0.2, 0.25) is 0 Å². The summed E-state index contributed by atoms with van der Waals surface area (Å²) in [5.41, 5.74) is 1.79. The fourth-order valence-corrected chi connectivity index (χ4v) is 4.35. The number of carbonyl (C=O) groups is 2. The summed E-state index contributed by atoms with van der Waals surface area (Å²) in [6.45, 7) is 3.40. The predicted octanol–water partition coefficient (Wildman–Crippen LogP) is 1.87. The Labute approximate surface area is 141 Å². The van der Waals surface area contributed by atoms with Crippen molar-refractivity contribution in [2.75, 3.05) is 20.1 Å². The zero-order chi connectivity index (χ0) is 16.9. The number of piperidine rings is 1. The molecule has 0 saturated carbocycles. The first kappa shape index (κ1) is 15.2. The zero-order valence-corrected chi connectivity index (χ0v) is 14.2. The number of rotatable bonds is 1. The normalized spacial score (nSPS) is 24.3. The first-order valence-electron chi connectivity index (χ1n) is 8.55. The van der Waals surface area contributed by atoms with Gasteiger partial charge in [-0.1, -0.05) is 6.07 Å². The summed E-state index contributed by atoms with van der Waals surface area (Å²) in [4.78, 5) is 29.8. The van der Waals surface area contributed by atoms with Crippen molar-refractivity contribution in [1.82, 2.24) is 19.4 Å². The van der Waals surface area contributed by atoms with Gasteiger partial charge in [0.05, 0.1) is 17.3 Å². The van der Waals surface area contributed by atoms with Crippen LogP contribution in [0.4, 0.5) is 0 Å². The Kier molecular flexibility index (Phi) is 3.37. The molecule has 4 rings (SSSR count). The summed E-state index contributed by atoms with van der Waals surface area (Å²) in [5, 5.41) is 4.31. The molecular formula is C18H22N4O2. The molecule has 2 aromatic rings. The van der Waals surface area contributed by atoms with E-state index in [1.54, 1.807) is 15.6 Å². The number of fused-ring (bicyclic) bond motifs is 1. The van der Waals surface area contributed by atoms with Crippen LogP contribution in [0.3, 0.4) is 0 Å². The molecule has 1 atom stereocenters. The molecule has 6 nitrogen and oxygen atoms in total. The molecule has 2 aromatic heterocycles. The van der Waals surface area contributed by atoms with Crippen molar-refractivity contribution < 1.29 is 9.59 Å². The van der Waals surface area contributed by atoms with Gasteiger partial charge in [-0.2, -0.15) is 5.10 Å². The second kappa shape index (κ2) is 5.33. The number of aromatic nitrogens is 2. The minimum atomic E-state index is -0.652. The van der Waals surface area contributed by atoms with Crippen molar-refractivity contribution in [2.24, 2.45) is 0 Å². The molecule has 4 heterocycles. The quantitative estimate of drug-likeness (QED) is 0.804. The summed E-state index contributed by atoms with van der Waals surface area (Å²) in [6.07, 6.45) is 6.83. The second-order valence-electron chi connectivity index (χ2n) is 6.96. The molecule has 2 saturated heterocycles. The van der Waals surface area contributed by atoms with E-state index in [9.17, 15) is 9.59 Å². The lowest BCUT2D eigenvalue weighted by atomic mass is 9.85. The number of pyridine rings is 1. The highest BCUT2D eigenvalue weighted by Crippen LogP contribution is 2.39. The van der Waals surface area contributed by atoms with Gasteiger partial charge in [-0.15, -0.1) is 0 Å². The van der Waals surface area contributed by atoms with Gasteiger partial charge in [-0.25, -0.2) is 4.52 Å². The third-order valence-electron chi connectivity index (χ3n) is 5.54.